The first kappa shape index (κ1) is 23.2. The fourth-order valence-corrected chi connectivity index (χ4v) is 4.74. The predicted octanol–water partition coefficient (Wildman–Crippen LogP) is 4.01. The van der Waals surface area contributed by atoms with Gasteiger partial charge in [-0.3, -0.25) is 14.2 Å². The van der Waals surface area contributed by atoms with Gasteiger partial charge in [-0.05, 0) is 43.7 Å². The summed E-state index contributed by atoms with van der Waals surface area (Å²) in [6, 6.07) is 10.6. The molecule has 0 radical (unpaired) electrons. The Hall–Kier alpha value is -3.59. The Morgan fingerprint density at radius 2 is 1.91 bits per heavy atom. The summed E-state index contributed by atoms with van der Waals surface area (Å²) in [5.41, 5.74) is 3.63. The largest absolute Gasteiger partial charge is 0.434 e. The Bertz CT molecular complexity index is 1440. The highest BCUT2D eigenvalue weighted by Gasteiger charge is 2.33. The van der Waals surface area contributed by atoms with Gasteiger partial charge in [0, 0.05) is 42.5 Å². The first-order valence-corrected chi connectivity index (χ1v) is 11.5. The molecule has 1 unspecified atom stereocenters. The van der Waals surface area contributed by atoms with Crippen molar-refractivity contribution in [3.8, 4) is 16.9 Å². The van der Waals surface area contributed by atoms with E-state index in [0.717, 1.165) is 42.0 Å². The monoisotopic (exact) mass is 479 g/mol. The van der Waals surface area contributed by atoms with Gasteiger partial charge < -0.3 is 10.1 Å². The molecule has 1 atom stereocenters. The Kier molecular flexibility index (Phi) is 5.88. The Balaban J connectivity index is 1.54. The standard InChI is InChI=1S/C26H27F2N5O2/c1-16-4-7-22(35-25(27)28)18(10-16)14-33-21-11-17(5-6-20(21)23(34)32(33)3)19-12-30-24(31-13-19)26(2)8-9-29-15-26/h4-7,10-13,25,29H,8-9,14-15H2,1-3H3. The number of halogens is 2. The number of rotatable bonds is 6. The molecule has 2 aromatic heterocycles. The van der Waals surface area contributed by atoms with Crippen molar-refractivity contribution in [2.75, 3.05) is 13.1 Å². The molecule has 0 bridgehead atoms. The fourth-order valence-electron chi connectivity index (χ4n) is 4.74. The molecule has 1 saturated heterocycles. The predicted molar refractivity (Wildman–Crippen MR) is 130 cm³/mol. The highest BCUT2D eigenvalue weighted by atomic mass is 19.3. The molecule has 35 heavy (non-hydrogen) atoms. The van der Waals surface area contributed by atoms with Crippen molar-refractivity contribution in [2.45, 2.75) is 38.8 Å². The highest BCUT2D eigenvalue weighted by Crippen LogP contribution is 2.29. The average Bonchev–Trinajstić information content (AvgIpc) is 3.39. The second-order valence-electron chi connectivity index (χ2n) is 9.39. The maximum Gasteiger partial charge on any atom is 0.387 e. The van der Waals surface area contributed by atoms with Gasteiger partial charge in [-0.25, -0.2) is 9.97 Å². The van der Waals surface area contributed by atoms with Gasteiger partial charge in [0.05, 0.1) is 17.4 Å². The van der Waals surface area contributed by atoms with Crippen LogP contribution in [0.15, 0.2) is 53.6 Å². The lowest BCUT2D eigenvalue weighted by Crippen LogP contribution is -2.27. The van der Waals surface area contributed by atoms with E-state index in [1.165, 1.54) is 10.7 Å². The molecule has 1 aliphatic heterocycles. The molecule has 182 valence electrons. The van der Waals surface area contributed by atoms with E-state index in [1.807, 2.05) is 31.5 Å². The molecule has 5 rings (SSSR count). The van der Waals surface area contributed by atoms with Crippen molar-refractivity contribution in [3.05, 3.63) is 76.1 Å². The van der Waals surface area contributed by atoms with E-state index in [4.69, 9.17) is 4.74 Å². The van der Waals surface area contributed by atoms with Crippen LogP contribution in [0.5, 0.6) is 5.75 Å². The molecule has 9 heteroatoms. The summed E-state index contributed by atoms with van der Waals surface area (Å²) in [5.74, 6) is 0.907. The van der Waals surface area contributed by atoms with Gasteiger partial charge in [0.1, 0.15) is 11.6 Å². The minimum atomic E-state index is -2.93. The summed E-state index contributed by atoms with van der Waals surface area (Å²) >= 11 is 0. The van der Waals surface area contributed by atoms with Crippen LogP contribution in [0.2, 0.25) is 0 Å². The van der Waals surface area contributed by atoms with Crippen molar-refractivity contribution >= 4 is 10.9 Å². The molecule has 1 N–H and O–H groups in total. The number of hydrogen-bond donors (Lipinski definition) is 1. The highest BCUT2D eigenvalue weighted by molar-refractivity contribution is 5.84. The molecule has 3 heterocycles. The van der Waals surface area contributed by atoms with E-state index < -0.39 is 6.61 Å². The number of hydrogen-bond acceptors (Lipinski definition) is 5. The molecule has 1 aliphatic rings. The smallest absolute Gasteiger partial charge is 0.387 e. The van der Waals surface area contributed by atoms with Gasteiger partial charge in [-0.1, -0.05) is 30.7 Å². The number of nitrogens with one attached hydrogen (secondary N) is 1. The molecule has 0 aliphatic carbocycles. The van der Waals surface area contributed by atoms with Crippen molar-refractivity contribution < 1.29 is 13.5 Å². The van der Waals surface area contributed by atoms with Crippen LogP contribution in [0.1, 0.15) is 30.3 Å². The van der Waals surface area contributed by atoms with Crippen molar-refractivity contribution in [2.24, 2.45) is 7.05 Å². The van der Waals surface area contributed by atoms with Crippen molar-refractivity contribution in [3.63, 3.8) is 0 Å². The number of aromatic nitrogens is 4. The third kappa shape index (κ3) is 4.32. The molecule has 7 nitrogen and oxygen atoms in total. The fraction of sp³-hybridized carbons (Fsp3) is 0.346. The summed E-state index contributed by atoms with van der Waals surface area (Å²) in [4.78, 5) is 22.2. The first-order valence-electron chi connectivity index (χ1n) is 11.5. The summed E-state index contributed by atoms with van der Waals surface area (Å²) in [6.07, 6.45) is 4.62. The summed E-state index contributed by atoms with van der Waals surface area (Å²) in [5, 5.41) is 3.91. The van der Waals surface area contributed by atoms with E-state index in [2.05, 4.69) is 22.2 Å². The van der Waals surface area contributed by atoms with Crippen LogP contribution in [-0.4, -0.2) is 39.0 Å². The SMILES string of the molecule is Cc1ccc(OC(F)F)c(Cn2c3cc(-c4cnc(C5(C)CCNC5)nc4)ccc3c(=O)n2C)c1. The molecule has 0 spiro atoms. The summed E-state index contributed by atoms with van der Waals surface area (Å²) in [6.45, 7) is 3.11. The van der Waals surface area contributed by atoms with Crippen LogP contribution in [0.25, 0.3) is 22.0 Å². The van der Waals surface area contributed by atoms with Crippen molar-refractivity contribution in [1.82, 2.24) is 24.6 Å². The molecular weight excluding hydrogens is 452 g/mol. The third-order valence-electron chi connectivity index (χ3n) is 6.81. The molecule has 1 fully saturated rings. The van der Waals surface area contributed by atoms with Crippen LogP contribution in [0.4, 0.5) is 8.78 Å². The lowest BCUT2D eigenvalue weighted by molar-refractivity contribution is -0.0505. The zero-order valence-electron chi connectivity index (χ0n) is 19.9. The van der Waals surface area contributed by atoms with Gasteiger partial charge in [-0.15, -0.1) is 0 Å². The van der Waals surface area contributed by atoms with E-state index in [-0.39, 0.29) is 23.3 Å². The maximum atomic E-state index is 13.0. The zero-order valence-corrected chi connectivity index (χ0v) is 19.9. The zero-order chi connectivity index (χ0) is 24.7. The molecule has 4 aromatic rings. The maximum absolute atomic E-state index is 13.0. The van der Waals surface area contributed by atoms with Crippen LogP contribution in [0.3, 0.4) is 0 Å². The number of fused-ring (bicyclic) bond motifs is 1. The minimum absolute atomic E-state index is 0.0752. The number of alkyl halides is 2. The van der Waals surface area contributed by atoms with E-state index >= 15 is 0 Å². The number of nitrogens with zero attached hydrogens (tertiary/aromatic N) is 4. The number of benzene rings is 2. The van der Waals surface area contributed by atoms with E-state index in [0.29, 0.717) is 16.5 Å². The van der Waals surface area contributed by atoms with Crippen LogP contribution < -0.4 is 15.6 Å². The lowest BCUT2D eigenvalue weighted by Gasteiger charge is -2.20. The first-order chi connectivity index (χ1) is 16.7. The number of ether oxygens (including phenoxy) is 1. The molecule has 0 amide bonds. The van der Waals surface area contributed by atoms with E-state index in [9.17, 15) is 13.6 Å². The second kappa shape index (κ2) is 8.88. The third-order valence-corrected chi connectivity index (χ3v) is 6.81. The average molecular weight is 480 g/mol. The Labute approximate surface area is 201 Å². The van der Waals surface area contributed by atoms with Crippen molar-refractivity contribution in [1.29, 1.82) is 0 Å². The lowest BCUT2D eigenvalue weighted by atomic mass is 9.89. The molecule has 0 saturated carbocycles. The summed E-state index contributed by atoms with van der Waals surface area (Å²) in [7, 11) is 1.67. The molecular formula is C26H27F2N5O2. The molecule has 2 aromatic carbocycles. The van der Waals surface area contributed by atoms with Gasteiger partial charge in [0.15, 0.2) is 0 Å². The number of aryl methyl sites for hydroxylation is 1. The van der Waals surface area contributed by atoms with Gasteiger partial charge in [-0.2, -0.15) is 8.78 Å². The second-order valence-corrected chi connectivity index (χ2v) is 9.39. The van der Waals surface area contributed by atoms with Crippen LogP contribution >= 0.6 is 0 Å². The van der Waals surface area contributed by atoms with Crippen LogP contribution in [0, 0.1) is 6.92 Å². The minimum Gasteiger partial charge on any atom is -0.434 e. The topological polar surface area (TPSA) is 74.0 Å². The Morgan fingerprint density at radius 3 is 2.60 bits per heavy atom. The normalized spacial score (nSPS) is 18.0. The summed E-state index contributed by atoms with van der Waals surface area (Å²) < 4.78 is 33.9. The van der Waals surface area contributed by atoms with Gasteiger partial charge in [0.25, 0.3) is 5.56 Å². The quantitative estimate of drug-likeness (QED) is 0.453. The van der Waals surface area contributed by atoms with Gasteiger partial charge >= 0.3 is 6.61 Å². The van der Waals surface area contributed by atoms with E-state index in [1.54, 1.807) is 29.9 Å². The van der Waals surface area contributed by atoms with Gasteiger partial charge in [0.2, 0.25) is 0 Å². The Morgan fingerprint density at radius 1 is 1.14 bits per heavy atom. The van der Waals surface area contributed by atoms with Crippen LogP contribution in [-0.2, 0) is 19.0 Å².